The summed E-state index contributed by atoms with van der Waals surface area (Å²) in [4.78, 5) is 10.6. The van der Waals surface area contributed by atoms with E-state index in [2.05, 4.69) is 10.2 Å². The fourth-order valence-corrected chi connectivity index (χ4v) is 2.39. The molecule has 0 bridgehead atoms. The summed E-state index contributed by atoms with van der Waals surface area (Å²) in [6, 6.07) is 25.8. The maximum Gasteiger partial charge on any atom is 0.278 e. The van der Waals surface area contributed by atoms with Crippen LogP contribution >= 0.6 is 0 Å². The van der Waals surface area contributed by atoms with Crippen molar-refractivity contribution in [2.24, 2.45) is 10.2 Å². The lowest BCUT2D eigenvalue weighted by molar-refractivity contribution is -0.385. The summed E-state index contributed by atoms with van der Waals surface area (Å²) in [6.45, 7) is 0. The van der Waals surface area contributed by atoms with E-state index in [1.807, 2.05) is 60.7 Å². The number of hydrogen-bond acceptors (Lipinski definition) is 4. The van der Waals surface area contributed by atoms with Crippen molar-refractivity contribution < 1.29 is 4.92 Å². The van der Waals surface area contributed by atoms with Gasteiger partial charge in [0.25, 0.3) is 5.69 Å². The van der Waals surface area contributed by atoms with Gasteiger partial charge < -0.3 is 0 Å². The third-order valence-corrected chi connectivity index (χ3v) is 3.58. The molecule has 0 amide bonds. The molecule has 0 unspecified atom stereocenters. The zero-order valence-corrected chi connectivity index (χ0v) is 13.3. The molecule has 0 saturated heterocycles. The van der Waals surface area contributed by atoms with Crippen LogP contribution in [0.25, 0.3) is 0 Å². The molecule has 0 N–H and O–H groups in total. The lowest BCUT2D eigenvalue weighted by Crippen LogP contribution is -2.02. The Kier molecular flexibility index (Phi) is 5.07. The highest BCUT2D eigenvalue weighted by atomic mass is 16.6. The van der Waals surface area contributed by atoms with Crippen molar-refractivity contribution in [3.8, 4) is 0 Å². The van der Waals surface area contributed by atoms with Crippen molar-refractivity contribution in [2.45, 2.75) is 0 Å². The molecule has 3 aromatic rings. The molecule has 0 saturated carbocycles. The van der Waals surface area contributed by atoms with Gasteiger partial charge >= 0.3 is 0 Å². The first-order valence-corrected chi connectivity index (χ1v) is 7.71. The molecule has 0 aliphatic heterocycles. The Balaban J connectivity index is 1.99. The fraction of sp³-hybridized carbons (Fsp3) is 0. The largest absolute Gasteiger partial charge is 0.278 e. The molecule has 0 spiro atoms. The van der Waals surface area contributed by atoms with Crippen LogP contribution in [0.4, 0.5) is 5.69 Å². The molecule has 0 aliphatic carbocycles. The van der Waals surface area contributed by atoms with Crippen molar-refractivity contribution in [1.29, 1.82) is 0 Å². The number of nitrogens with zero attached hydrogens (tertiary/aromatic N) is 3. The Morgan fingerprint density at radius 1 is 0.800 bits per heavy atom. The van der Waals surface area contributed by atoms with E-state index in [0.29, 0.717) is 11.3 Å². The second kappa shape index (κ2) is 7.79. The zero-order valence-electron chi connectivity index (χ0n) is 13.3. The molecule has 5 heteroatoms. The van der Waals surface area contributed by atoms with E-state index in [9.17, 15) is 10.1 Å². The predicted octanol–water partition coefficient (Wildman–Crippen LogP) is 4.47. The van der Waals surface area contributed by atoms with Gasteiger partial charge in [0.1, 0.15) is 5.71 Å². The molecule has 0 radical (unpaired) electrons. The number of hydrogen-bond donors (Lipinski definition) is 0. The summed E-state index contributed by atoms with van der Waals surface area (Å²) in [5, 5.41) is 19.5. The molecule has 5 nitrogen and oxygen atoms in total. The quantitative estimate of drug-likeness (QED) is 0.394. The highest BCUT2D eigenvalue weighted by Crippen LogP contribution is 2.16. The van der Waals surface area contributed by atoms with E-state index >= 15 is 0 Å². The maximum absolute atomic E-state index is 11.1. The average molecular weight is 329 g/mol. The van der Waals surface area contributed by atoms with E-state index in [1.165, 1.54) is 12.3 Å². The minimum Gasteiger partial charge on any atom is -0.258 e. The van der Waals surface area contributed by atoms with Gasteiger partial charge in [-0.3, -0.25) is 10.1 Å². The number of nitro groups is 1. The van der Waals surface area contributed by atoms with Crippen LogP contribution in [0.2, 0.25) is 0 Å². The van der Waals surface area contributed by atoms with Gasteiger partial charge in [0.05, 0.1) is 16.7 Å². The van der Waals surface area contributed by atoms with Crippen molar-refractivity contribution in [2.75, 3.05) is 0 Å². The Morgan fingerprint density at radius 3 is 1.88 bits per heavy atom. The lowest BCUT2D eigenvalue weighted by Gasteiger charge is -2.05. The van der Waals surface area contributed by atoms with Crippen LogP contribution < -0.4 is 0 Å². The Morgan fingerprint density at radius 2 is 1.32 bits per heavy atom. The van der Waals surface area contributed by atoms with Gasteiger partial charge in [0.2, 0.25) is 0 Å². The standard InChI is InChI=1S/C20H15N3O2/c24-23(25)19-14-8-7-13-18(19)15-21-22-20(16-9-3-1-4-10-16)17-11-5-2-6-12-17/h1-15H/b21-15+. The number of nitro benzene ring substituents is 1. The Bertz CT molecular complexity index is 878. The monoisotopic (exact) mass is 329 g/mol. The summed E-state index contributed by atoms with van der Waals surface area (Å²) in [6.07, 6.45) is 1.41. The number of benzene rings is 3. The maximum atomic E-state index is 11.1. The van der Waals surface area contributed by atoms with Gasteiger partial charge in [0, 0.05) is 17.2 Å². The Labute approximate surface area is 145 Å². The van der Waals surface area contributed by atoms with Gasteiger partial charge in [-0.05, 0) is 6.07 Å². The first kappa shape index (κ1) is 16.3. The number of para-hydroxylation sites is 1. The summed E-state index contributed by atoms with van der Waals surface area (Å²) in [7, 11) is 0. The first-order chi connectivity index (χ1) is 12.3. The van der Waals surface area contributed by atoms with Crippen molar-refractivity contribution in [1.82, 2.24) is 0 Å². The predicted molar refractivity (Wildman–Crippen MR) is 99.2 cm³/mol. The molecule has 0 atom stereocenters. The SMILES string of the molecule is O=[N+]([O-])c1ccccc1/C=N/N=C(c1ccccc1)c1ccccc1. The molecule has 0 heterocycles. The second-order valence-electron chi connectivity index (χ2n) is 5.24. The topological polar surface area (TPSA) is 67.9 Å². The van der Waals surface area contributed by atoms with Crippen LogP contribution in [0.15, 0.2) is 95.1 Å². The van der Waals surface area contributed by atoms with E-state index < -0.39 is 4.92 Å². The third-order valence-electron chi connectivity index (χ3n) is 3.58. The van der Waals surface area contributed by atoms with Gasteiger partial charge in [-0.1, -0.05) is 72.8 Å². The summed E-state index contributed by atoms with van der Waals surface area (Å²) < 4.78 is 0. The normalized spacial score (nSPS) is 10.6. The van der Waals surface area contributed by atoms with Gasteiger partial charge in [-0.25, -0.2) is 0 Å². The summed E-state index contributed by atoms with van der Waals surface area (Å²) >= 11 is 0. The molecule has 3 rings (SSSR count). The molecule has 122 valence electrons. The fourth-order valence-electron chi connectivity index (χ4n) is 2.39. The molecule has 25 heavy (non-hydrogen) atoms. The number of rotatable bonds is 5. The van der Waals surface area contributed by atoms with Gasteiger partial charge in [0.15, 0.2) is 0 Å². The molecular formula is C20H15N3O2. The second-order valence-corrected chi connectivity index (χ2v) is 5.24. The minimum absolute atomic E-state index is 0.00224. The van der Waals surface area contributed by atoms with Crippen molar-refractivity contribution in [3.05, 3.63) is 112 Å². The van der Waals surface area contributed by atoms with Crippen LogP contribution in [0.1, 0.15) is 16.7 Å². The van der Waals surface area contributed by atoms with Crippen LogP contribution in [0.5, 0.6) is 0 Å². The lowest BCUT2D eigenvalue weighted by atomic mass is 10.0. The highest BCUT2D eigenvalue weighted by molar-refractivity contribution is 6.13. The van der Waals surface area contributed by atoms with E-state index in [4.69, 9.17) is 0 Å². The molecule has 0 fully saturated rings. The smallest absolute Gasteiger partial charge is 0.258 e. The molecule has 0 aromatic heterocycles. The average Bonchev–Trinajstić information content (AvgIpc) is 2.67. The Hall–Kier alpha value is -3.60. The van der Waals surface area contributed by atoms with E-state index in [1.54, 1.807) is 18.2 Å². The molecule has 3 aromatic carbocycles. The van der Waals surface area contributed by atoms with Crippen LogP contribution in [-0.4, -0.2) is 16.8 Å². The van der Waals surface area contributed by atoms with Crippen LogP contribution in [0.3, 0.4) is 0 Å². The van der Waals surface area contributed by atoms with Crippen molar-refractivity contribution >= 4 is 17.6 Å². The van der Waals surface area contributed by atoms with E-state index in [-0.39, 0.29) is 5.69 Å². The van der Waals surface area contributed by atoms with Crippen molar-refractivity contribution in [3.63, 3.8) is 0 Å². The van der Waals surface area contributed by atoms with Gasteiger partial charge in [-0.15, -0.1) is 5.10 Å². The summed E-state index contributed by atoms with van der Waals surface area (Å²) in [5.41, 5.74) is 2.97. The summed E-state index contributed by atoms with van der Waals surface area (Å²) in [5.74, 6) is 0. The first-order valence-electron chi connectivity index (χ1n) is 7.71. The minimum atomic E-state index is -0.430. The van der Waals surface area contributed by atoms with E-state index in [0.717, 1.165) is 11.1 Å². The van der Waals surface area contributed by atoms with Crippen LogP contribution in [-0.2, 0) is 0 Å². The molecule has 0 aliphatic rings. The highest BCUT2D eigenvalue weighted by Gasteiger charge is 2.10. The van der Waals surface area contributed by atoms with Crippen LogP contribution in [0, 0.1) is 10.1 Å². The third kappa shape index (κ3) is 4.03. The molecular weight excluding hydrogens is 314 g/mol. The van der Waals surface area contributed by atoms with Gasteiger partial charge in [-0.2, -0.15) is 5.10 Å². The zero-order chi connectivity index (χ0) is 17.5.